The smallest absolute Gasteiger partial charge is 0.272 e. The maximum atomic E-state index is 12.1. The molecule has 2 rings (SSSR count). The Labute approximate surface area is 111 Å². The van der Waals surface area contributed by atoms with Gasteiger partial charge in [0.25, 0.3) is 11.8 Å². The zero-order valence-corrected chi connectivity index (χ0v) is 11.4. The van der Waals surface area contributed by atoms with E-state index in [1.807, 2.05) is 0 Å². The van der Waals surface area contributed by atoms with Gasteiger partial charge in [-0.25, -0.2) is 0 Å². The molecule has 1 aliphatic heterocycles. The summed E-state index contributed by atoms with van der Waals surface area (Å²) in [5.41, 5.74) is 1.23. The van der Waals surface area contributed by atoms with Crippen molar-refractivity contribution in [2.45, 2.75) is 31.6 Å². The minimum absolute atomic E-state index is 0.0266. The van der Waals surface area contributed by atoms with Crippen LogP contribution in [0.25, 0.3) is 0 Å². The van der Waals surface area contributed by atoms with Gasteiger partial charge in [0.2, 0.25) is 0 Å². The molecule has 0 saturated carbocycles. The highest BCUT2D eigenvalue weighted by Crippen LogP contribution is 2.22. The molecule has 6 nitrogen and oxygen atoms in total. The zero-order valence-electron chi connectivity index (χ0n) is 10.5. The Balaban J connectivity index is 2.35. The fourth-order valence-electron chi connectivity index (χ4n) is 1.75. The summed E-state index contributed by atoms with van der Waals surface area (Å²) >= 11 is 0. The highest BCUT2D eigenvalue weighted by molar-refractivity contribution is 7.86. The number of imide groups is 1. The van der Waals surface area contributed by atoms with Gasteiger partial charge in [-0.3, -0.25) is 9.59 Å². The molecule has 19 heavy (non-hydrogen) atoms. The second-order valence-corrected chi connectivity index (χ2v) is 5.88. The summed E-state index contributed by atoms with van der Waals surface area (Å²) in [6.45, 7) is 3.36. The van der Waals surface area contributed by atoms with Crippen molar-refractivity contribution in [1.29, 1.82) is 0 Å². The van der Waals surface area contributed by atoms with Crippen LogP contribution in [0.1, 0.15) is 24.0 Å². The summed E-state index contributed by atoms with van der Waals surface area (Å²) in [4.78, 5) is 22.7. The van der Waals surface area contributed by atoms with Gasteiger partial charge in [0.05, 0.1) is 4.90 Å². The Hall–Kier alpha value is -1.73. The molecule has 1 fully saturated rings. The topological polar surface area (TPSA) is 80.8 Å². The lowest BCUT2D eigenvalue weighted by atomic mass is 10.2. The number of rotatable bonds is 3. The summed E-state index contributed by atoms with van der Waals surface area (Å²) in [5.74, 6) is -1.28. The number of carbonyl (C=O) groups excluding carboxylic acids is 2. The van der Waals surface area contributed by atoms with Crippen LogP contribution in [0.3, 0.4) is 0 Å². The third kappa shape index (κ3) is 2.66. The molecular weight excluding hydrogens is 270 g/mol. The number of nitrogens with zero attached hydrogens (tertiary/aromatic N) is 1. The lowest BCUT2D eigenvalue weighted by Crippen LogP contribution is -2.32. The molecule has 0 aliphatic carbocycles. The summed E-state index contributed by atoms with van der Waals surface area (Å²) in [7, 11) is -4.18. The first-order chi connectivity index (χ1) is 8.81. The molecule has 102 valence electrons. The van der Waals surface area contributed by atoms with Gasteiger partial charge < -0.3 is 0 Å². The van der Waals surface area contributed by atoms with Gasteiger partial charge in [0.15, 0.2) is 0 Å². The van der Waals surface area contributed by atoms with E-state index in [1.54, 1.807) is 26.0 Å². The van der Waals surface area contributed by atoms with E-state index in [1.165, 1.54) is 6.07 Å². The van der Waals surface area contributed by atoms with Crippen molar-refractivity contribution in [2.24, 2.45) is 0 Å². The Morgan fingerprint density at radius 2 is 1.68 bits per heavy atom. The van der Waals surface area contributed by atoms with Crippen LogP contribution in [-0.2, 0) is 24.0 Å². The monoisotopic (exact) mass is 283 g/mol. The van der Waals surface area contributed by atoms with E-state index < -0.39 is 21.9 Å². The Bertz CT molecular complexity index is 634. The second kappa shape index (κ2) is 4.75. The molecule has 2 amide bonds. The molecule has 0 atom stereocenters. The number of hydrogen-bond acceptors (Lipinski definition) is 5. The molecule has 0 bridgehead atoms. The first-order valence-corrected chi connectivity index (χ1v) is 7.10. The molecule has 0 spiro atoms. The van der Waals surface area contributed by atoms with Crippen molar-refractivity contribution >= 4 is 21.9 Å². The highest BCUT2D eigenvalue weighted by atomic mass is 32.2. The Kier molecular flexibility index (Phi) is 3.42. The van der Waals surface area contributed by atoms with E-state index >= 15 is 0 Å². The number of hydrogen-bond donors (Lipinski definition) is 0. The predicted octanol–water partition coefficient (Wildman–Crippen LogP) is 1.07. The van der Waals surface area contributed by atoms with Gasteiger partial charge in [0.1, 0.15) is 0 Å². The minimum atomic E-state index is -4.18. The van der Waals surface area contributed by atoms with Crippen molar-refractivity contribution in [3.63, 3.8) is 0 Å². The Morgan fingerprint density at radius 1 is 1.11 bits per heavy atom. The van der Waals surface area contributed by atoms with Gasteiger partial charge in [-0.15, -0.1) is 9.35 Å². The number of amides is 2. The molecule has 1 aromatic carbocycles. The number of aryl methyl sites for hydroxylation is 2. The SMILES string of the molecule is Cc1ccc(C)c(S(=O)(=O)ON2C(=O)CCC2=O)c1. The van der Waals surface area contributed by atoms with Crippen molar-refractivity contribution in [2.75, 3.05) is 0 Å². The summed E-state index contributed by atoms with van der Waals surface area (Å²) in [6, 6.07) is 4.84. The van der Waals surface area contributed by atoms with Crippen molar-refractivity contribution in [3.8, 4) is 0 Å². The Morgan fingerprint density at radius 3 is 2.26 bits per heavy atom. The van der Waals surface area contributed by atoms with Crippen molar-refractivity contribution < 1.29 is 22.3 Å². The fourth-order valence-corrected chi connectivity index (χ4v) is 2.99. The fraction of sp³-hybridized carbons (Fsp3) is 0.333. The molecule has 1 saturated heterocycles. The standard InChI is InChI=1S/C12H13NO5S/c1-8-3-4-9(2)10(7-8)19(16,17)18-13-11(14)5-6-12(13)15/h3-4,7H,5-6H2,1-2H3. The lowest BCUT2D eigenvalue weighted by Gasteiger charge is -2.14. The third-order valence-electron chi connectivity index (χ3n) is 2.79. The minimum Gasteiger partial charge on any atom is -0.272 e. The van der Waals surface area contributed by atoms with E-state index in [2.05, 4.69) is 4.28 Å². The number of carbonyl (C=O) groups is 2. The average molecular weight is 283 g/mol. The molecule has 1 aromatic rings. The number of hydroxylamine groups is 2. The van der Waals surface area contributed by atoms with E-state index in [-0.39, 0.29) is 17.7 Å². The van der Waals surface area contributed by atoms with Gasteiger partial charge in [-0.1, -0.05) is 12.1 Å². The highest BCUT2D eigenvalue weighted by Gasteiger charge is 2.35. The van der Waals surface area contributed by atoms with Gasteiger partial charge in [0, 0.05) is 12.8 Å². The molecule has 0 N–H and O–H groups in total. The third-order valence-corrected chi connectivity index (χ3v) is 4.12. The van der Waals surface area contributed by atoms with E-state index in [9.17, 15) is 18.0 Å². The first-order valence-electron chi connectivity index (χ1n) is 5.69. The molecule has 1 aliphatic rings. The molecular formula is C12H13NO5S. The summed E-state index contributed by atoms with van der Waals surface area (Å²) in [6.07, 6.45) is -0.0533. The zero-order chi connectivity index (χ0) is 14.2. The quantitative estimate of drug-likeness (QED) is 0.775. The van der Waals surface area contributed by atoms with E-state index in [4.69, 9.17) is 0 Å². The second-order valence-electron chi connectivity index (χ2n) is 4.38. The van der Waals surface area contributed by atoms with Gasteiger partial charge >= 0.3 is 10.1 Å². The van der Waals surface area contributed by atoms with Crippen LogP contribution in [0.5, 0.6) is 0 Å². The molecule has 0 aromatic heterocycles. The van der Waals surface area contributed by atoms with Crippen LogP contribution in [0.4, 0.5) is 0 Å². The predicted molar refractivity (Wildman–Crippen MR) is 65.3 cm³/mol. The van der Waals surface area contributed by atoms with Crippen LogP contribution in [-0.4, -0.2) is 25.3 Å². The molecule has 1 heterocycles. The van der Waals surface area contributed by atoms with E-state index in [0.717, 1.165) is 5.56 Å². The van der Waals surface area contributed by atoms with Crippen LogP contribution in [0.15, 0.2) is 23.1 Å². The summed E-state index contributed by atoms with van der Waals surface area (Å²) < 4.78 is 28.8. The van der Waals surface area contributed by atoms with E-state index in [0.29, 0.717) is 10.6 Å². The lowest BCUT2D eigenvalue weighted by molar-refractivity contribution is -0.163. The normalized spacial score (nSPS) is 16.2. The maximum absolute atomic E-state index is 12.1. The average Bonchev–Trinajstić information content (AvgIpc) is 2.63. The first kappa shape index (κ1) is 13.7. The van der Waals surface area contributed by atoms with Crippen LogP contribution >= 0.6 is 0 Å². The van der Waals surface area contributed by atoms with Gasteiger partial charge in [-0.2, -0.15) is 8.42 Å². The van der Waals surface area contributed by atoms with Crippen LogP contribution < -0.4 is 0 Å². The maximum Gasteiger partial charge on any atom is 0.318 e. The molecule has 0 radical (unpaired) electrons. The largest absolute Gasteiger partial charge is 0.318 e. The molecule has 0 unspecified atom stereocenters. The molecule has 7 heteroatoms. The summed E-state index contributed by atoms with van der Waals surface area (Å²) in [5, 5.41) is 0.330. The van der Waals surface area contributed by atoms with Crippen molar-refractivity contribution in [3.05, 3.63) is 29.3 Å². The van der Waals surface area contributed by atoms with Crippen LogP contribution in [0.2, 0.25) is 0 Å². The van der Waals surface area contributed by atoms with Gasteiger partial charge in [-0.05, 0) is 31.0 Å². The van der Waals surface area contributed by atoms with Crippen molar-refractivity contribution in [1.82, 2.24) is 5.06 Å². The number of benzene rings is 1. The van der Waals surface area contributed by atoms with Crippen LogP contribution in [0, 0.1) is 13.8 Å².